The van der Waals surface area contributed by atoms with Gasteiger partial charge in [-0.1, -0.05) is 24.3 Å². The summed E-state index contributed by atoms with van der Waals surface area (Å²) in [5.41, 5.74) is 1.73. The summed E-state index contributed by atoms with van der Waals surface area (Å²) in [7, 11) is 0. The van der Waals surface area contributed by atoms with Gasteiger partial charge in [0.1, 0.15) is 12.7 Å². The summed E-state index contributed by atoms with van der Waals surface area (Å²) in [5, 5.41) is 18.0. The number of nitrogens with one attached hydrogen (secondary N) is 2. The largest absolute Gasteiger partial charge is 0.326 e. The monoisotopic (exact) mass is 346 g/mol. The minimum Gasteiger partial charge on any atom is -0.326 e. The molecular weight excluding hydrogens is 332 g/mol. The van der Waals surface area contributed by atoms with Crippen LogP contribution >= 0.6 is 0 Å². The van der Waals surface area contributed by atoms with Crippen molar-refractivity contribution < 1.29 is 4.79 Å². The highest BCUT2D eigenvalue weighted by molar-refractivity contribution is 5.95. The van der Waals surface area contributed by atoms with Crippen molar-refractivity contribution in [1.29, 1.82) is 0 Å². The number of rotatable bonds is 4. The highest BCUT2D eigenvalue weighted by atomic mass is 16.1. The number of carbonyl (C=O) groups is 1. The van der Waals surface area contributed by atoms with Gasteiger partial charge in [-0.3, -0.25) is 14.2 Å². The molecule has 8 nitrogen and oxygen atoms in total. The number of H-pyrrole nitrogens is 1. The number of benzene rings is 2. The molecule has 0 bridgehead atoms. The normalized spacial score (nSPS) is 10.8. The summed E-state index contributed by atoms with van der Waals surface area (Å²) >= 11 is 0. The van der Waals surface area contributed by atoms with E-state index in [-0.39, 0.29) is 17.9 Å². The molecule has 26 heavy (non-hydrogen) atoms. The summed E-state index contributed by atoms with van der Waals surface area (Å²) in [6.07, 6.45) is 3.21. The molecule has 1 amide bonds. The van der Waals surface area contributed by atoms with Gasteiger partial charge < -0.3 is 5.32 Å². The fourth-order valence-electron chi connectivity index (χ4n) is 2.74. The minimum atomic E-state index is -0.272. The van der Waals surface area contributed by atoms with Crippen LogP contribution in [-0.2, 0) is 11.2 Å². The number of fused-ring (bicyclic) bond motifs is 1. The van der Waals surface area contributed by atoms with Gasteiger partial charge in [-0.2, -0.15) is 5.10 Å². The van der Waals surface area contributed by atoms with Crippen LogP contribution in [0.5, 0.6) is 0 Å². The molecule has 2 N–H and O–H groups in total. The minimum absolute atomic E-state index is 0.0498. The van der Waals surface area contributed by atoms with Crippen molar-refractivity contribution in [3.05, 3.63) is 77.2 Å². The first kappa shape index (κ1) is 15.7. The molecule has 0 fully saturated rings. The van der Waals surface area contributed by atoms with Gasteiger partial charge in [0.2, 0.25) is 5.91 Å². The smallest absolute Gasteiger partial charge is 0.272 e. The van der Waals surface area contributed by atoms with Crippen LogP contribution in [-0.4, -0.2) is 30.9 Å². The Labute approximate surface area is 147 Å². The molecule has 2 heterocycles. The molecule has 8 heteroatoms. The molecule has 4 rings (SSSR count). The lowest BCUT2D eigenvalue weighted by Gasteiger charge is -2.08. The lowest BCUT2D eigenvalue weighted by atomic mass is 10.1. The lowest BCUT2D eigenvalue weighted by molar-refractivity contribution is -0.115. The van der Waals surface area contributed by atoms with Crippen LogP contribution < -0.4 is 10.9 Å². The molecule has 0 atom stereocenters. The van der Waals surface area contributed by atoms with E-state index < -0.39 is 0 Å². The Hall–Kier alpha value is -3.81. The molecule has 0 radical (unpaired) electrons. The van der Waals surface area contributed by atoms with Crippen molar-refractivity contribution in [3.8, 4) is 5.69 Å². The van der Waals surface area contributed by atoms with E-state index in [0.717, 1.165) is 5.69 Å². The van der Waals surface area contributed by atoms with E-state index in [4.69, 9.17) is 0 Å². The van der Waals surface area contributed by atoms with Crippen LogP contribution in [0.15, 0.2) is 66.0 Å². The third-order valence-corrected chi connectivity index (χ3v) is 3.95. The fourth-order valence-corrected chi connectivity index (χ4v) is 2.74. The van der Waals surface area contributed by atoms with Gasteiger partial charge in [-0.25, -0.2) is 5.10 Å². The van der Waals surface area contributed by atoms with Crippen LogP contribution in [0, 0.1) is 0 Å². The molecule has 0 saturated heterocycles. The SMILES string of the molecule is O=C(Cc1n[nH]c(=O)c2ccccc12)Nc1cccc(-n2cnnc2)c1. The van der Waals surface area contributed by atoms with Crippen LogP contribution in [0.3, 0.4) is 0 Å². The first-order chi connectivity index (χ1) is 12.7. The highest BCUT2D eigenvalue weighted by Gasteiger charge is 2.11. The van der Waals surface area contributed by atoms with Gasteiger partial charge in [0.25, 0.3) is 5.56 Å². The average molecular weight is 346 g/mol. The standard InChI is InChI=1S/C18H14N6O2/c25-17(9-16-14-6-1-2-7-15(14)18(26)23-22-16)21-12-4-3-5-13(8-12)24-10-19-20-11-24/h1-8,10-11H,9H2,(H,21,25)(H,23,26). The predicted octanol–water partition coefficient (Wildman–Crippen LogP) is 1.68. The number of aromatic nitrogens is 5. The molecule has 0 spiro atoms. The maximum atomic E-state index is 12.4. The van der Waals surface area contributed by atoms with E-state index in [9.17, 15) is 9.59 Å². The first-order valence-electron chi connectivity index (χ1n) is 7.92. The summed E-state index contributed by atoms with van der Waals surface area (Å²) in [6.45, 7) is 0. The van der Waals surface area contributed by atoms with Gasteiger partial charge in [-0.15, -0.1) is 10.2 Å². The lowest BCUT2D eigenvalue weighted by Crippen LogP contribution is -2.18. The summed E-state index contributed by atoms with van der Waals surface area (Å²) in [4.78, 5) is 24.3. The Balaban J connectivity index is 1.56. The molecule has 4 aromatic rings. The zero-order chi connectivity index (χ0) is 17.9. The van der Waals surface area contributed by atoms with E-state index in [2.05, 4.69) is 25.7 Å². The van der Waals surface area contributed by atoms with Crippen molar-refractivity contribution in [2.45, 2.75) is 6.42 Å². The second kappa shape index (κ2) is 6.60. The second-order valence-electron chi connectivity index (χ2n) is 5.69. The van der Waals surface area contributed by atoms with Gasteiger partial charge in [-0.05, 0) is 24.3 Å². The van der Waals surface area contributed by atoms with Crippen molar-refractivity contribution in [2.75, 3.05) is 5.32 Å². The molecule has 2 aromatic heterocycles. The molecule has 0 saturated carbocycles. The molecule has 0 unspecified atom stereocenters. The summed E-state index contributed by atoms with van der Waals surface area (Å²) in [5.74, 6) is -0.226. The number of hydrogen-bond donors (Lipinski definition) is 2. The Morgan fingerprint density at radius 1 is 1.04 bits per heavy atom. The average Bonchev–Trinajstić information content (AvgIpc) is 3.19. The quantitative estimate of drug-likeness (QED) is 0.585. The number of nitrogens with zero attached hydrogens (tertiary/aromatic N) is 4. The van der Waals surface area contributed by atoms with Crippen LogP contribution in [0.4, 0.5) is 5.69 Å². The number of amides is 1. The van der Waals surface area contributed by atoms with Gasteiger partial charge >= 0.3 is 0 Å². The van der Waals surface area contributed by atoms with Gasteiger partial charge in [0.05, 0.1) is 23.2 Å². The van der Waals surface area contributed by atoms with Gasteiger partial charge in [0, 0.05) is 11.1 Å². The van der Waals surface area contributed by atoms with Crippen molar-refractivity contribution in [3.63, 3.8) is 0 Å². The molecule has 0 aliphatic rings. The third-order valence-electron chi connectivity index (χ3n) is 3.95. The predicted molar refractivity (Wildman–Crippen MR) is 96.1 cm³/mol. The third kappa shape index (κ3) is 3.07. The van der Waals surface area contributed by atoms with E-state index in [1.54, 1.807) is 41.5 Å². The van der Waals surface area contributed by atoms with E-state index in [1.807, 2.05) is 24.3 Å². The first-order valence-corrected chi connectivity index (χ1v) is 7.92. The Morgan fingerprint density at radius 2 is 1.81 bits per heavy atom. The number of aromatic amines is 1. The van der Waals surface area contributed by atoms with Crippen molar-refractivity contribution in [1.82, 2.24) is 25.0 Å². The van der Waals surface area contributed by atoms with Crippen LogP contribution in [0.2, 0.25) is 0 Å². The number of carbonyl (C=O) groups excluding carboxylic acids is 1. The molecule has 128 valence electrons. The topological polar surface area (TPSA) is 106 Å². The Morgan fingerprint density at radius 3 is 2.62 bits per heavy atom. The van der Waals surface area contributed by atoms with Crippen molar-refractivity contribution >= 4 is 22.4 Å². The number of anilines is 1. The van der Waals surface area contributed by atoms with E-state index >= 15 is 0 Å². The molecular formula is C18H14N6O2. The molecule has 0 aliphatic heterocycles. The number of hydrogen-bond acceptors (Lipinski definition) is 5. The van der Waals surface area contributed by atoms with Gasteiger partial charge in [0.15, 0.2) is 0 Å². The van der Waals surface area contributed by atoms with E-state index in [0.29, 0.717) is 22.2 Å². The zero-order valence-electron chi connectivity index (χ0n) is 13.6. The van der Waals surface area contributed by atoms with E-state index in [1.165, 1.54) is 0 Å². The maximum absolute atomic E-state index is 12.4. The molecule has 0 aliphatic carbocycles. The Bertz CT molecular complexity index is 1130. The maximum Gasteiger partial charge on any atom is 0.272 e. The molecule has 2 aromatic carbocycles. The summed E-state index contributed by atoms with van der Waals surface area (Å²) in [6, 6.07) is 14.4. The second-order valence-corrected chi connectivity index (χ2v) is 5.69. The summed E-state index contributed by atoms with van der Waals surface area (Å²) < 4.78 is 1.74. The van der Waals surface area contributed by atoms with Crippen LogP contribution in [0.1, 0.15) is 5.69 Å². The highest BCUT2D eigenvalue weighted by Crippen LogP contribution is 2.16. The van der Waals surface area contributed by atoms with Crippen molar-refractivity contribution in [2.24, 2.45) is 0 Å². The Kier molecular flexibility index (Phi) is 3.98. The fraction of sp³-hybridized carbons (Fsp3) is 0.0556. The van der Waals surface area contributed by atoms with Crippen LogP contribution in [0.25, 0.3) is 16.5 Å². The zero-order valence-corrected chi connectivity index (χ0v) is 13.6.